The lowest BCUT2D eigenvalue weighted by Crippen LogP contribution is -2.10. The van der Waals surface area contributed by atoms with E-state index in [9.17, 15) is 0 Å². The number of aryl methyl sites for hydroxylation is 1. The first kappa shape index (κ1) is 12.8. The van der Waals surface area contributed by atoms with Crippen LogP contribution in [0, 0.1) is 6.92 Å². The molecule has 0 heterocycles. The highest BCUT2D eigenvalue weighted by Crippen LogP contribution is 2.24. The third kappa shape index (κ3) is 3.38. The molecule has 2 N–H and O–H groups in total. The summed E-state index contributed by atoms with van der Waals surface area (Å²) in [5.74, 6) is 0.913. The topological polar surface area (TPSA) is 35.2 Å². The maximum absolute atomic E-state index is 6.12. The monoisotopic (exact) mass is 219 g/mol. The van der Waals surface area contributed by atoms with Crippen molar-refractivity contribution < 1.29 is 4.74 Å². The molecule has 0 saturated heterocycles. The minimum atomic E-state index is 0.0845. The minimum absolute atomic E-state index is 0.0845. The quantitative estimate of drug-likeness (QED) is 0.771. The van der Waals surface area contributed by atoms with Gasteiger partial charge < -0.3 is 10.5 Å². The van der Waals surface area contributed by atoms with Crippen molar-refractivity contribution in [2.75, 3.05) is 7.11 Å². The minimum Gasteiger partial charge on any atom is -0.496 e. The van der Waals surface area contributed by atoms with Crippen LogP contribution < -0.4 is 10.5 Å². The van der Waals surface area contributed by atoms with Gasteiger partial charge in [0.2, 0.25) is 0 Å². The highest BCUT2D eigenvalue weighted by Gasteiger charge is 2.07. The molecule has 1 rings (SSSR count). The largest absolute Gasteiger partial charge is 0.496 e. The molecule has 16 heavy (non-hydrogen) atoms. The maximum Gasteiger partial charge on any atom is 0.121 e. The molecule has 0 fully saturated rings. The molecule has 2 heteroatoms. The van der Waals surface area contributed by atoms with Gasteiger partial charge in [0, 0.05) is 6.04 Å². The van der Waals surface area contributed by atoms with Gasteiger partial charge in [0.25, 0.3) is 0 Å². The second-order valence-electron chi connectivity index (χ2n) is 4.33. The number of ether oxygens (including phenoxy) is 1. The number of benzene rings is 1. The molecule has 0 amide bonds. The van der Waals surface area contributed by atoms with Crippen LogP contribution >= 0.6 is 0 Å². The molecule has 1 atom stereocenters. The zero-order chi connectivity index (χ0) is 12.1. The molecule has 1 aromatic carbocycles. The summed E-state index contributed by atoms with van der Waals surface area (Å²) in [4.78, 5) is 0. The molecule has 0 aromatic heterocycles. The predicted molar refractivity (Wildman–Crippen MR) is 68.7 cm³/mol. The molecular weight excluding hydrogens is 198 g/mol. The zero-order valence-corrected chi connectivity index (χ0v) is 10.4. The predicted octanol–water partition coefficient (Wildman–Crippen LogP) is 3.36. The van der Waals surface area contributed by atoms with Gasteiger partial charge in [-0.15, -0.1) is 6.58 Å². The first-order valence-corrected chi connectivity index (χ1v) is 5.59. The van der Waals surface area contributed by atoms with E-state index in [4.69, 9.17) is 10.5 Å². The molecule has 1 aromatic rings. The molecular formula is C14H21NO. The number of nitrogens with two attached hydrogens (primary N) is 1. The SMILES string of the molecule is C=C(C)CCC(N)c1ccc(OC)c(C)c1. The number of rotatable bonds is 5. The Hall–Kier alpha value is -1.28. The van der Waals surface area contributed by atoms with E-state index in [1.54, 1.807) is 7.11 Å². The van der Waals surface area contributed by atoms with Crippen molar-refractivity contribution in [2.45, 2.75) is 32.7 Å². The fourth-order valence-electron chi connectivity index (χ4n) is 1.70. The van der Waals surface area contributed by atoms with E-state index in [1.165, 1.54) is 11.1 Å². The van der Waals surface area contributed by atoms with Crippen LogP contribution in [0.2, 0.25) is 0 Å². The molecule has 1 unspecified atom stereocenters. The Bertz CT molecular complexity index is 371. The standard InChI is InChI=1S/C14H21NO/c1-10(2)5-7-13(15)12-6-8-14(16-4)11(3)9-12/h6,8-9,13H,1,5,7,15H2,2-4H3. The highest BCUT2D eigenvalue weighted by molar-refractivity contribution is 5.37. The van der Waals surface area contributed by atoms with Gasteiger partial charge in [0.05, 0.1) is 7.11 Å². The molecule has 0 spiro atoms. The Morgan fingerprint density at radius 1 is 1.50 bits per heavy atom. The molecule has 0 aliphatic carbocycles. The van der Waals surface area contributed by atoms with E-state index in [0.29, 0.717) is 0 Å². The van der Waals surface area contributed by atoms with Crippen LogP contribution in [0.3, 0.4) is 0 Å². The average Bonchev–Trinajstić information content (AvgIpc) is 2.25. The van der Waals surface area contributed by atoms with Gasteiger partial charge in [0.1, 0.15) is 5.75 Å². The normalized spacial score (nSPS) is 12.2. The van der Waals surface area contributed by atoms with Gasteiger partial charge in [-0.05, 0) is 43.9 Å². The number of hydrogen-bond acceptors (Lipinski definition) is 2. The van der Waals surface area contributed by atoms with Crippen molar-refractivity contribution in [1.29, 1.82) is 0 Å². The smallest absolute Gasteiger partial charge is 0.121 e. The zero-order valence-electron chi connectivity index (χ0n) is 10.4. The summed E-state index contributed by atoms with van der Waals surface area (Å²) in [5, 5.41) is 0. The molecule has 0 aliphatic rings. The van der Waals surface area contributed by atoms with E-state index < -0.39 is 0 Å². The van der Waals surface area contributed by atoms with Crippen LogP contribution in [0.5, 0.6) is 5.75 Å². The van der Waals surface area contributed by atoms with Crippen LogP contribution in [-0.4, -0.2) is 7.11 Å². The summed E-state index contributed by atoms with van der Waals surface area (Å²) in [5.41, 5.74) is 9.60. The van der Waals surface area contributed by atoms with E-state index in [-0.39, 0.29) is 6.04 Å². The molecule has 0 saturated carbocycles. The summed E-state index contributed by atoms with van der Waals surface area (Å²) >= 11 is 0. The lowest BCUT2D eigenvalue weighted by molar-refractivity contribution is 0.411. The molecule has 2 nitrogen and oxygen atoms in total. The fourth-order valence-corrected chi connectivity index (χ4v) is 1.70. The number of hydrogen-bond donors (Lipinski definition) is 1. The van der Waals surface area contributed by atoms with Crippen molar-refractivity contribution >= 4 is 0 Å². The molecule has 0 bridgehead atoms. The number of allylic oxidation sites excluding steroid dienone is 1. The fraction of sp³-hybridized carbons (Fsp3) is 0.429. The lowest BCUT2D eigenvalue weighted by Gasteiger charge is -2.14. The third-order valence-electron chi connectivity index (χ3n) is 2.73. The Kier molecular flexibility index (Phi) is 4.56. The Morgan fingerprint density at radius 2 is 2.19 bits per heavy atom. The van der Waals surface area contributed by atoms with Crippen LogP contribution in [0.25, 0.3) is 0 Å². The molecule has 88 valence electrons. The lowest BCUT2D eigenvalue weighted by atomic mass is 9.99. The van der Waals surface area contributed by atoms with Gasteiger partial charge >= 0.3 is 0 Å². The van der Waals surface area contributed by atoms with Crippen molar-refractivity contribution in [3.8, 4) is 5.75 Å². The Morgan fingerprint density at radius 3 is 2.69 bits per heavy atom. The highest BCUT2D eigenvalue weighted by atomic mass is 16.5. The summed E-state index contributed by atoms with van der Waals surface area (Å²) in [7, 11) is 1.68. The summed E-state index contributed by atoms with van der Waals surface area (Å²) in [6.45, 7) is 7.96. The van der Waals surface area contributed by atoms with Crippen LogP contribution in [0.15, 0.2) is 30.4 Å². The van der Waals surface area contributed by atoms with Crippen LogP contribution in [0.4, 0.5) is 0 Å². The summed E-state index contributed by atoms with van der Waals surface area (Å²) in [6.07, 6.45) is 1.92. The van der Waals surface area contributed by atoms with E-state index >= 15 is 0 Å². The van der Waals surface area contributed by atoms with Gasteiger partial charge in [-0.1, -0.05) is 17.7 Å². The first-order chi connectivity index (χ1) is 7.54. The van der Waals surface area contributed by atoms with E-state index in [1.807, 2.05) is 26.0 Å². The number of methoxy groups -OCH3 is 1. The van der Waals surface area contributed by atoms with Gasteiger partial charge in [0.15, 0.2) is 0 Å². The Balaban J connectivity index is 2.72. The van der Waals surface area contributed by atoms with E-state index in [0.717, 1.165) is 24.2 Å². The van der Waals surface area contributed by atoms with Gasteiger partial charge in [-0.2, -0.15) is 0 Å². The van der Waals surface area contributed by atoms with Crippen molar-refractivity contribution in [1.82, 2.24) is 0 Å². The van der Waals surface area contributed by atoms with Gasteiger partial charge in [-0.3, -0.25) is 0 Å². The van der Waals surface area contributed by atoms with Crippen LogP contribution in [0.1, 0.15) is 36.9 Å². The summed E-state index contributed by atoms with van der Waals surface area (Å²) < 4.78 is 5.22. The van der Waals surface area contributed by atoms with E-state index in [2.05, 4.69) is 12.6 Å². The second-order valence-corrected chi connectivity index (χ2v) is 4.33. The van der Waals surface area contributed by atoms with Crippen molar-refractivity contribution in [3.05, 3.63) is 41.5 Å². The molecule has 0 radical (unpaired) electrons. The summed E-state index contributed by atoms with van der Waals surface area (Å²) in [6, 6.07) is 6.20. The second kappa shape index (κ2) is 5.71. The van der Waals surface area contributed by atoms with Gasteiger partial charge in [-0.25, -0.2) is 0 Å². The third-order valence-corrected chi connectivity index (χ3v) is 2.73. The molecule has 0 aliphatic heterocycles. The average molecular weight is 219 g/mol. The Labute approximate surface area is 98.1 Å². The van der Waals surface area contributed by atoms with Crippen molar-refractivity contribution in [2.24, 2.45) is 5.73 Å². The van der Waals surface area contributed by atoms with Crippen LogP contribution in [-0.2, 0) is 0 Å². The first-order valence-electron chi connectivity index (χ1n) is 5.59. The van der Waals surface area contributed by atoms with Crippen molar-refractivity contribution in [3.63, 3.8) is 0 Å². The maximum atomic E-state index is 6.12.